The highest BCUT2D eigenvalue weighted by Gasteiger charge is 2.25. The van der Waals surface area contributed by atoms with Crippen molar-refractivity contribution in [3.05, 3.63) is 63.2 Å². The Bertz CT molecular complexity index is 1050. The summed E-state index contributed by atoms with van der Waals surface area (Å²) < 4.78 is 1.54. The van der Waals surface area contributed by atoms with Crippen molar-refractivity contribution in [3.63, 3.8) is 0 Å². The predicted molar refractivity (Wildman–Crippen MR) is 105 cm³/mol. The van der Waals surface area contributed by atoms with Gasteiger partial charge in [-0.25, -0.2) is 4.68 Å². The summed E-state index contributed by atoms with van der Waals surface area (Å²) in [5, 5.41) is 5.90. The maximum Gasteiger partial charge on any atom is 0.270 e. The third kappa shape index (κ3) is 3.76. The minimum absolute atomic E-state index is 0.00613. The summed E-state index contributed by atoms with van der Waals surface area (Å²) in [6.07, 6.45) is 1.72. The average Bonchev–Trinajstić information content (AvgIpc) is 3.08. The summed E-state index contributed by atoms with van der Waals surface area (Å²) >= 11 is 6.02. The van der Waals surface area contributed by atoms with Crippen LogP contribution in [0.2, 0.25) is 5.02 Å². The fourth-order valence-corrected chi connectivity index (χ4v) is 3.81. The third-order valence-corrected chi connectivity index (χ3v) is 5.38. The van der Waals surface area contributed by atoms with Crippen molar-refractivity contribution in [2.45, 2.75) is 26.3 Å². The number of amides is 1. The third-order valence-electron chi connectivity index (χ3n) is 5.15. The van der Waals surface area contributed by atoms with E-state index in [1.807, 2.05) is 30.0 Å². The number of likely N-dealkylation sites (tertiary alicyclic amines) is 1. The zero-order chi connectivity index (χ0) is 19.0. The lowest BCUT2D eigenvalue weighted by molar-refractivity contribution is 0.0675. The Kier molecular flexibility index (Phi) is 4.74. The number of benzene rings is 1. The van der Waals surface area contributed by atoms with Crippen LogP contribution < -0.4 is 5.56 Å². The van der Waals surface area contributed by atoms with Gasteiger partial charge in [0.2, 0.25) is 0 Å². The Balaban J connectivity index is 1.41. The number of H-pyrrole nitrogens is 1. The number of piperidine rings is 1. The Morgan fingerprint density at radius 1 is 1.22 bits per heavy atom. The largest absolute Gasteiger partial charge is 0.351 e. The normalized spacial score (nSPS) is 15.4. The van der Waals surface area contributed by atoms with Gasteiger partial charge in [0, 0.05) is 41.6 Å². The number of rotatable bonds is 3. The highest BCUT2D eigenvalue weighted by molar-refractivity contribution is 6.31. The molecule has 1 aromatic carbocycles. The molecular formula is C20H21ClN4O2. The molecule has 0 saturated carbocycles. The average molecular weight is 385 g/mol. The molecule has 1 N–H and O–H groups in total. The number of aromatic amines is 1. The summed E-state index contributed by atoms with van der Waals surface area (Å²) in [7, 11) is 0. The van der Waals surface area contributed by atoms with Crippen LogP contribution in [0.3, 0.4) is 0 Å². The number of hydrogen-bond acceptors (Lipinski definition) is 3. The number of nitrogens with one attached hydrogen (secondary N) is 1. The van der Waals surface area contributed by atoms with E-state index in [9.17, 15) is 9.59 Å². The van der Waals surface area contributed by atoms with Crippen molar-refractivity contribution in [1.29, 1.82) is 0 Å². The van der Waals surface area contributed by atoms with Crippen molar-refractivity contribution >= 4 is 28.4 Å². The van der Waals surface area contributed by atoms with Crippen LogP contribution in [0.4, 0.5) is 0 Å². The molecule has 3 heterocycles. The number of carbonyl (C=O) groups is 1. The number of aromatic nitrogens is 3. The Morgan fingerprint density at radius 2 is 2.00 bits per heavy atom. The molecule has 1 fully saturated rings. The molecule has 3 aromatic rings. The second-order valence-corrected chi connectivity index (χ2v) is 7.58. The molecule has 2 aromatic heterocycles. The maximum absolute atomic E-state index is 12.8. The summed E-state index contributed by atoms with van der Waals surface area (Å²) in [5.41, 5.74) is 2.25. The maximum atomic E-state index is 12.8. The monoisotopic (exact) mass is 384 g/mol. The molecule has 7 heteroatoms. The minimum atomic E-state index is -0.0733. The van der Waals surface area contributed by atoms with E-state index in [1.54, 1.807) is 22.9 Å². The fraction of sp³-hybridized carbons (Fsp3) is 0.350. The molecule has 0 unspecified atom stereocenters. The van der Waals surface area contributed by atoms with E-state index in [-0.39, 0.29) is 11.5 Å². The number of carbonyl (C=O) groups excluding carboxylic acids is 1. The molecule has 1 amide bonds. The summed E-state index contributed by atoms with van der Waals surface area (Å²) in [5.74, 6) is 0.356. The standard InChI is InChI=1S/C20H21ClN4O2/c1-13-2-5-19(26)25(23-13)12-14-6-8-24(9-7-14)20(27)18-11-15-10-16(21)3-4-17(15)22-18/h2-5,10-11,14,22H,6-9,12H2,1H3. The minimum Gasteiger partial charge on any atom is -0.351 e. The zero-order valence-electron chi connectivity index (χ0n) is 15.1. The Morgan fingerprint density at radius 3 is 2.78 bits per heavy atom. The second kappa shape index (κ2) is 7.19. The van der Waals surface area contributed by atoms with Gasteiger partial charge in [-0.15, -0.1) is 0 Å². The molecule has 0 atom stereocenters. The van der Waals surface area contributed by atoms with Crippen LogP contribution in [-0.4, -0.2) is 38.7 Å². The summed E-state index contributed by atoms with van der Waals surface area (Å²) in [6.45, 7) is 3.85. The van der Waals surface area contributed by atoms with Crippen LogP contribution in [0.5, 0.6) is 0 Å². The highest BCUT2D eigenvalue weighted by Crippen LogP contribution is 2.23. The van der Waals surface area contributed by atoms with Gasteiger partial charge in [-0.1, -0.05) is 11.6 Å². The molecular weight excluding hydrogens is 364 g/mol. The van der Waals surface area contributed by atoms with E-state index in [2.05, 4.69) is 10.1 Å². The Labute approximate surface area is 161 Å². The summed E-state index contributed by atoms with van der Waals surface area (Å²) in [6, 6.07) is 10.7. The molecule has 1 saturated heterocycles. The van der Waals surface area contributed by atoms with Crippen LogP contribution in [0.1, 0.15) is 29.0 Å². The molecule has 0 bridgehead atoms. The first-order valence-corrected chi connectivity index (χ1v) is 9.50. The van der Waals surface area contributed by atoms with Gasteiger partial charge in [0.15, 0.2) is 0 Å². The molecule has 140 valence electrons. The van der Waals surface area contributed by atoms with Crippen molar-refractivity contribution in [2.24, 2.45) is 5.92 Å². The zero-order valence-corrected chi connectivity index (χ0v) is 15.9. The molecule has 1 aliphatic heterocycles. The molecule has 4 rings (SSSR count). The second-order valence-electron chi connectivity index (χ2n) is 7.15. The lowest BCUT2D eigenvalue weighted by Gasteiger charge is -2.31. The molecule has 1 aliphatic rings. The van der Waals surface area contributed by atoms with Crippen LogP contribution in [0.25, 0.3) is 10.9 Å². The van der Waals surface area contributed by atoms with E-state index < -0.39 is 0 Å². The van der Waals surface area contributed by atoms with Gasteiger partial charge in [0.25, 0.3) is 11.5 Å². The van der Waals surface area contributed by atoms with E-state index in [0.29, 0.717) is 36.3 Å². The Hall–Kier alpha value is -2.60. The topological polar surface area (TPSA) is 71.0 Å². The number of nitrogens with zero attached hydrogens (tertiary/aromatic N) is 3. The van der Waals surface area contributed by atoms with Gasteiger partial charge >= 0.3 is 0 Å². The number of halogens is 1. The fourth-order valence-electron chi connectivity index (χ4n) is 3.63. The molecule has 0 radical (unpaired) electrons. The number of fused-ring (bicyclic) bond motifs is 1. The van der Waals surface area contributed by atoms with Crippen molar-refractivity contribution < 1.29 is 4.79 Å². The predicted octanol–water partition coefficient (Wildman–Crippen LogP) is 3.24. The van der Waals surface area contributed by atoms with Gasteiger partial charge in [0.1, 0.15) is 5.69 Å². The molecule has 0 aliphatic carbocycles. The SMILES string of the molecule is Cc1ccc(=O)n(CC2CCN(C(=O)c3cc4cc(Cl)ccc4[nH]3)CC2)n1. The highest BCUT2D eigenvalue weighted by atomic mass is 35.5. The first kappa shape index (κ1) is 17.8. The van der Waals surface area contributed by atoms with Gasteiger partial charge in [-0.3, -0.25) is 9.59 Å². The van der Waals surface area contributed by atoms with Gasteiger partial charge in [-0.05, 0) is 56.0 Å². The molecule has 0 spiro atoms. The summed E-state index contributed by atoms with van der Waals surface area (Å²) in [4.78, 5) is 29.8. The van der Waals surface area contributed by atoms with Gasteiger partial charge < -0.3 is 9.88 Å². The quantitative estimate of drug-likeness (QED) is 0.753. The smallest absolute Gasteiger partial charge is 0.270 e. The van der Waals surface area contributed by atoms with Crippen LogP contribution in [-0.2, 0) is 6.54 Å². The molecule has 6 nitrogen and oxygen atoms in total. The van der Waals surface area contributed by atoms with Crippen molar-refractivity contribution in [3.8, 4) is 0 Å². The number of hydrogen-bond donors (Lipinski definition) is 1. The van der Waals surface area contributed by atoms with E-state index >= 15 is 0 Å². The van der Waals surface area contributed by atoms with Crippen LogP contribution in [0.15, 0.2) is 41.2 Å². The van der Waals surface area contributed by atoms with Crippen LogP contribution >= 0.6 is 11.6 Å². The molecule has 27 heavy (non-hydrogen) atoms. The first-order valence-electron chi connectivity index (χ1n) is 9.12. The van der Waals surface area contributed by atoms with E-state index in [1.165, 1.54) is 0 Å². The van der Waals surface area contributed by atoms with Crippen molar-refractivity contribution in [1.82, 2.24) is 19.7 Å². The van der Waals surface area contributed by atoms with Gasteiger partial charge in [-0.2, -0.15) is 5.10 Å². The van der Waals surface area contributed by atoms with Crippen molar-refractivity contribution in [2.75, 3.05) is 13.1 Å². The first-order chi connectivity index (χ1) is 13.0. The van der Waals surface area contributed by atoms with Crippen LogP contribution in [0, 0.1) is 12.8 Å². The van der Waals surface area contributed by atoms with Gasteiger partial charge in [0.05, 0.1) is 5.69 Å². The lowest BCUT2D eigenvalue weighted by atomic mass is 9.96. The lowest BCUT2D eigenvalue weighted by Crippen LogP contribution is -2.40. The van der Waals surface area contributed by atoms with E-state index in [4.69, 9.17) is 11.6 Å². The van der Waals surface area contributed by atoms with E-state index in [0.717, 1.165) is 29.4 Å². The number of aryl methyl sites for hydroxylation is 1.